The maximum absolute atomic E-state index is 5.48. The Hall–Kier alpha value is -0.0800. The van der Waals surface area contributed by atoms with Gasteiger partial charge < -0.3 is 10.6 Å². The molecule has 2 heteroatoms. The molecule has 1 aliphatic rings. The van der Waals surface area contributed by atoms with E-state index in [0.29, 0.717) is 0 Å². The van der Waals surface area contributed by atoms with Crippen molar-refractivity contribution in [3.63, 3.8) is 0 Å². The first-order valence-corrected chi connectivity index (χ1v) is 4.24. The number of hydrogen-bond donors (Lipinski definition) is 2. The molecular weight excluding hydrogens is 136 g/mol. The lowest BCUT2D eigenvalue weighted by atomic mass is 9.82. The van der Waals surface area contributed by atoms with Crippen molar-refractivity contribution in [2.24, 2.45) is 0 Å². The van der Waals surface area contributed by atoms with Crippen LogP contribution in [0.25, 0.3) is 0 Å². The largest absolute Gasteiger partial charge is 0.309 e. The van der Waals surface area contributed by atoms with Crippen molar-refractivity contribution < 1.29 is 0 Å². The molecule has 0 aromatic heterocycles. The van der Waals surface area contributed by atoms with Gasteiger partial charge in [0.2, 0.25) is 0 Å². The number of hydrogen-bond acceptors (Lipinski definition) is 2. The molecule has 11 heavy (non-hydrogen) atoms. The van der Waals surface area contributed by atoms with Crippen molar-refractivity contribution >= 4 is 0 Å². The molecule has 0 aromatic rings. The fourth-order valence-electron chi connectivity index (χ4n) is 1.80. The predicted octanol–water partition coefficient (Wildman–Crippen LogP) is 1.21. The molecule has 0 aromatic carbocycles. The highest BCUT2D eigenvalue weighted by Gasteiger charge is 2.28. The van der Waals surface area contributed by atoms with Crippen molar-refractivity contribution in [2.75, 3.05) is 6.54 Å². The van der Waals surface area contributed by atoms with Crippen molar-refractivity contribution in [1.29, 1.82) is 0 Å². The molecule has 0 unspecified atom stereocenters. The standard InChI is InChI=1S/C9H16N2/c1-10-8-9(11-2)6-4-3-5-7-9/h1-2,10-11H,3-8H2. The van der Waals surface area contributed by atoms with Gasteiger partial charge in [0, 0.05) is 26.2 Å². The average molecular weight is 152 g/mol. The highest BCUT2D eigenvalue weighted by atomic mass is 15.0. The van der Waals surface area contributed by atoms with Gasteiger partial charge in [-0.3, -0.25) is 0 Å². The van der Waals surface area contributed by atoms with E-state index in [4.69, 9.17) is 14.1 Å². The Morgan fingerprint density at radius 3 is 2.18 bits per heavy atom. The first kappa shape index (κ1) is 9.01. The van der Waals surface area contributed by atoms with E-state index in [1.54, 1.807) is 0 Å². The Kier molecular flexibility index (Phi) is 3.34. The third-order valence-corrected chi connectivity index (χ3v) is 2.56. The summed E-state index contributed by atoms with van der Waals surface area (Å²) in [5.41, 5.74) is 0.0625. The first-order chi connectivity index (χ1) is 5.33. The van der Waals surface area contributed by atoms with Gasteiger partial charge in [-0.05, 0) is 12.8 Å². The van der Waals surface area contributed by atoms with Crippen LogP contribution in [0.5, 0.6) is 0 Å². The van der Waals surface area contributed by atoms with Crippen LogP contribution in [-0.4, -0.2) is 12.1 Å². The van der Waals surface area contributed by atoms with E-state index >= 15 is 0 Å². The summed E-state index contributed by atoms with van der Waals surface area (Å²) in [4.78, 5) is 0. The van der Waals surface area contributed by atoms with Crippen molar-refractivity contribution in [3.05, 3.63) is 14.1 Å². The van der Waals surface area contributed by atoms with Crippen LogP contribution in [0, 0.1) is 14.1 Å². The molecule has 1 rings (SSSR count). The number of rotatable bonds is 3. The van der Waals surface area contributed by atoms with Crippen LogP contribution in [0.1, 0.15) is 32.1 Å². The number of nitrogens with one attached hydrogen (secondary N) is 2. The SMILES string of the molecule is [CH]NCC1(N[CH])CCCCC1. The second-order valence-electron chi connectivity index (χ2n) is 3.37. The summed E-state index contributed by atoms with van der Waals surface area (Å²) in [6.45, 7) is 0.767. The van der Waals surface area contributed by atoms with Crippen LogP contribution in [0.2, 0.25) is 0 Å². The van der Waals surface area contributed by atoms with Gasteiger partial charge in [0.15, 0.2) is 0 Å². The Labute approximate surface area is 69.8 Å². The Balaban J connectivity index is 2.42. The zero-order valence-corrected chi connectivity index (χ0v) is 6.90. The first-order valence-electron chi connectivity index (χ1n) is 4.24. The Morgan fingerprint density at radius 1 is 1.09 bits per heavy atom. The van der Waals surface area contributed by atoms with Gasteiger partial charge in [-0.2, -0.15) is 0 Å². The third-order valence-electron chi connectivity index (χ3n) is 2.56. The molecule has 4 radical (unpaired) electrons. The molecule has 1 saturated carbocycles. The quantitative estimate of drug-likeness (QED) is 0.594. The smallest absolute Gasteiger partial charge is 0.0412 e. The molecule has 62 valence electrons. The molecule has 0 amide bonds. The fourth-order valence-corrected chi connectivity index (χ4v) is 1.80. The summed E-state index contributed by atoms with van der Waals surface area (Å²) in [5, 5.41) is 5.56. The molecule has 0 spiro atoms. The maximum Gasteiger partial charge on any atom is 0.0412 e. The van der Waals surface area contributed by atoms with E-state index in [9.17, 15) is 0 Å². The molecule has 2 N–H and O–H groups in total. The summed E-state index contributed by atoms with van der Waals surface area (Å²) in [6, 6.07) is 0. The summed E-state index contributed by atoms with van der Waals surface area (Å²) < 4.78 is 0. The lowest BCUT2D eigenvalue weighted by Gasteiger charge is -2.36. The molecule has 1 fully saturated rings. The van der Waals surface area contributed by atoms with E-state index in [-0.39, 0.29) is 5.54 Å². The molecule has 1 aliphatic carbocycles. The van der Waals surface area contributed by atoms with Crippen molar-refractivity contribution in [2.45, 2.75) is 37.6 Å². The lowest BCUT2D eigenvalue weighted by molar-refractivity contribution is 0.252. The Bertz CT molecular complexity index is 101. The minimum absolute atomic E-state index is 0.0625. The van der Waals surface area contributed by atoms with Gasteiger partial charge in [0.1, 0.15) is 0 Å². The normalized spacial score (nSPS) is 23.5. The highest BCUT2D eigenvalue weighted by Crippen LogP contribution is 2.27. The van der Waals surface area contributed by atoms with Crippen LogP contribution < -0.4 is 10.6 Å². The van der Waals surface area contributed by atoms with Gasteiger partial charge in [-0.1, -0.05) is 19.3 Å². The monoisotopic (exact) mass is 152 g/mol. The van der Waals surface area contributed by atoms with Gasteiger partial charge in [0.05, 0.1) is 0 Å². The van der Waals surface area contributed by atoms with Crippen LogP contribution in [0.15, 0.2) is 0 Å². The van der Waals surface area contributed by atoms with Gasteiger partial charge in [-0.25, -0.2) is 0 Å². The second-order valence-corrected chi connectivity index (χ2v) is 3.37. The predicted molar refractivity (Wildman–Crippen MR) is 45.6 cm³/mol. The summed E-state index contributed by atoms with van der Waals surface area (Å²) in [6.07, 6.45) is 6.10. The summed E-state index contributed by atoms with van der Waals surface area (Å²) >= 11 is 0. The summed E-state index contributed by atoms with van der Waals surface area (Å²) in [7, 11) is 10.8. The van der Waals surface area contributed by atoms with Crippen molar-refractivity contribution in [1.82, 2.24) is 10.6 Å². The maximum atomic E-state index is 5.48. The van der Waals surface area contributed by atoms with E-state index in [0.717, 1.165) is 19.4 Å². The summed E-state index contributed by atoms with van der Waals surface area (Å²) in [5.74, 6) is 0. The van der Waals surface area contributed by atoms with Gasteiger partial charge in [0.25, 0.3) is 0 Å². The topological polar surface area (TPSA) is 24.1 Å². The van der Waals surface area contributed by atoms with E-state index < -0.39 is 0 Å². The fraction of sp³-hybridized carbons (Fsp3) is 0.778. The molecule has 0 atom stereocenters. The van der Waals surface area contributed by atoms with Crippen LogP contribution in [-0.2, 0) is 0 Å². The second kappa shape index (κ2) is 4.07. The molecule has 0 heterocycles. The van der Waals surface area contributed by atoms with E-state index in [1.807, 2.05) is 0 Å². The van der Waals surface area contributed by atoms with Crippen LogP contribution in [0.4, 0.5) is 0 Å². The highest BCUT2D eigenvalue weighted by molar-refractivity contribution is 4.92. The molecule has 2 nitrogen and oxygen atoms in total. The molecular formula is C9H16N2. The minimum Gasteiger partial charge on any atom is -0.309 e. The molecule has 0 saturated heterocycles. The molecule has 0 aliphatic heterocycles. The van der Waals surface area contributed by atoms with Gasteiger partial charge in [-0.15, -0.1) is 0 Å². The van der Waals surface area contributed by atoms with Gasteiger partial charge >= 0.3 is 0 Å². The Morgan fingerprint density at radius 2 is 1.73 bits per heavy atom. The minimum atomic E-state index is 0.0625. The van der Waals surface area contributed by atoms with Crippen LogP contribution >= 0.6 is 0 Å². The van der Waals surface area contributed by atoms with Crippen molar-refractivity contribution in [3.8, 4) is 0 Å². The zero-order chi connectivity index (χ0) is 8.16. The zero-order valence-electron chi connectivity index (χ0n) is 6.90. The van der Waals surface area contributed by atoms with E-state index in [1.165, 1.54) is 19.3 Å². The average Bonchev–Trinajstić information content (AvgIpc) is 2.07. The van der Waals surface area contributed by atoms with E-state index in [2.05, 4.69) is 10.6 Å². The third kappa shape index (κ3) is 2.17. The molecule has 0 bridgehead atoms. The van der Waals surface area contributed by atoms with Crippen LogP contribution in [0.3, 0.4) is 0 Å². The lowest BCUT2D eigenvalue weighted by Crippen LogP contribution is -2.50.